The maximum Gasteiger partial charge on any atom is 0.122 e. The fraction of sp³-hybridized carbons (Fsp3) is 0.550. The van der Waals surface area contributed by atoms with E-state index in [4.69, 9.17) is 4.74 Å². The Hall–Kier alpha value is -2.54. The van der Waals surface area contributed by atoms with Crippen molar-refractivity contribution in [3.63, 3.8) is 0 Å². The van der Waals surface area contributed by atoms with Crippen molar-refractivity contribution < 1.29 is 4.74 Å². The minimum absolute atomic E-state index is 0.420. The van der Waals surface area contributed by atoms with Gasteiger partial charge in [0.05, 0.1) is 0 Å². The summed E-state index contributed by atoms with van der Waals surface area (Å²) in [6, 6.07) is 13.4. The number of hydrogen-bond donors (Lipinski definition) is 0. The Kier molecular flexibility index (Phi) is 14.2. The molecule has 0 N–H and O–H groups in total. The second-order valence-corrected chi connectivity index (χ2v) is 13.9. The van der Waals surface area contributed by atoms with Crippen molar-refractivity contribution in [3.05, 3.63) is 100 Å². The van der Waals surface area contributed by atoms with Gasteiger partial charge in [-0.15, -0.1) is 0 Å². The molecule has 0 saturated carbocycles. The molecule has 1 heteroatoms. The average Bonchev–Trinajstić information content (AvgIpc) is 2.91. The summed E-state index contributed by atoms with van der Waals surface area (Å²) in [7, 11) is 0. The molecule has 226 valence electrons. The summed E-state index contributed by atoms with van der Waals surface area (Å²) in [6.07, 6.45) is 18.2. The second kappa shape index (κ2) is 16.8. The van der Waals surface area contributed by atoms with Gasteiger partial charge in [0.2, 0.25) is 0 Å². The molecule has 0 spiro atoms. The van der Waals surface area contributed by atoms with Gasteiger partial charge < -0.3 is 4.74 Å². The van der Waals surface area contributed by atoms with Gasteiger partial charge in [0, 0.05) is 0 Å². The van der Waals surface area contributed by atoms with Crippen LogP contribution in [0.15, 0.2) is 72.4 Å². The molecule has 2 aromatic carbocycles. The van der Waals surface area contributed by atoms with Crippen LogP contribution in [0.2, 0.25) is 0 Å². The van der Waals surface area contributed by atoms with Crippen LogP contribution >= 0.6 is 0 Å². The lowest BCUT2D eigenvalue weighted by molar-refractivity contribution is 0.285. The van der Waals surface area contributed by atoms with Crippen LogP contribution in [0.3, 0.4) is 0 Å². The zero-order valence-electron chi connectivity index (χ0n) is 28.3. The van der Waals surface area contributed by atoms with Crippen molar-refractivity contribution in [2.75, 3.05) is 6.61 Å². The van der Waals surface area contributed by atoms with Crippen molar-refractivity contribution in [2.24, 2.45) is 29.1 Å². The predicted octanol–water partition coefficient (Wildman–Crippen LogP) is 11.8. The van der Waals surface area contributed by atoms with E-state index in [1.165, 1.54) is 52.7 Å². The van der Waals surface area contributed by atoms with E-state index in [1.807, 2.05) is 13.8 Å². The van der Waals surface area contributed by atoms with E-state index in [2.05, 4.69) is 129 Å². The molecule has 0 aliphatic heterocycles. The highest BCUT2D eigenvalue weighted by molar-refractivity contribution is 5.40. The third-order valence-electron chi connectivity index (χ3n) is 7.75. The minimum Gasteiger partial charge on any atom is -0.489 e. The molecule has 0 fully saturated rings. The first-order valence-corrected chi connectivity index (χ1v) is 16.2. The summed E-state index contributed by atoms with van der Waals surface area (Å²) in [6.45, 7) is 24.7. The number of hydrogen-bond acceptors (Lipinski definition) is 1. The molecule has 3 atom stereocenters. The van der Waals surface area contributed by atoms with Gasteiger partial charge in [-0.3, -0.25) is 0 Å². The Morgan fingerprint density at radius 3 is 1.93 bits per heavy atom. The van der Waals surface area contributed by atoms with Gasteiger partial charge in [0.1, 0.15) is 12.4 Å². The summed E-state index contributed by atoms with van der Waals surface area (Å²) in [4.78, 5) is 0. The molecule has 2 aromatic rings. The third kappa shape index (κ3) is 12.5. The van der Waals surface area contributed by atoms with Gasteiger partial charge in [-0.25, -0.2) is 0 Å². The van der Waals surface area contributed by atoms with Crippen molar-refractivity contribution in [3.8, 4) is 5.75 Å². The molecular formula is C40H60O. The normalized spacial score (nSPS) is 20.0. The van der Waals surface area contributed by atoms with E-state index in [1.54, 1.807) is 0 Å². The smallest absolute Gasteiger partial charge is 0.122 e. The van der Waals surface area contributed by atoms with Crippen LogP contribution in [-0.4, -0.2) is 6.61 Å². The summed E-state index contributed by atoms with van der Waals surface area (Å²) in [5.74, 6) is 3.91. The maximum atomic E-state index is 6.22. The van der Waals surface area contributed by atoms with E-state index in [0.29, 0.717) is 23.9 Å². The monoisotopic (exact) mass is 556 g/mol. The molecule has 2 aliphatic carbocycles. The summed E-state index contributed by atoms with van der Waals surface area (Å²) in [5.41, 5.74) is 8.34. The minimum atomic E-state index is 0.420. The molecule has 2 aliphatic rings. The van der Waals surface area contributed by atoms with Crippen LogP contribution in [0.25, 0.3) is 0 Å². The lowest BCUT2D eigenvalue weighted by Gasteiger charge is -2.31. The lowest BCUT2D eigenvalue weighted by atomic mass is 9.74. The molecule has 41 heavy (non-hydrogen) atoms. The van der Waals surface area contributed by atoms with E-state index in [0.717, 1.165) is 30.4 Å². The van der Waals surface area contributed by atoms with Crippen LogP contribution in [0.4, 0.5) is 0 Å². The van der Waals surface area contributed by atoms with Crippen molar-refractivity contribution >= 4 is 0 Å². The third-order valence-corrected chi connectivity index (χ3v) is 7.75. The highest BCUT2D eigenvalue weighted by atomic mass is 16.5. The first-order chi connectivity index (χ1) is 19.4. The molecule has 4 rings (SSSR count). The molecule has 0 bridgehead atoms. The van der Waals surface area contributed by atoms with Crippen molar-refractivity contribution in [1.29, 1.82) is 0 Å². The van der Waals surface area contributed by atoms with Gasteiger partial charge in [-0.05, 0) is 121 Å². The van der Waals surface area contributed by atoms with Crippen LogP contribution < -0.4 is 4.74 Å². The Balaban J connectivity index is 0.000000902. The fourth-order valence-corrected chi connectivity index (χ4v) is 5.61. The Bertz CT molecular complexity index is 1150. The highest BCUT2D eigenvalue weighted by Crippen LogP contribution is 2.37. The quantitative estimate of drug-likeness (QED) is 0.308. The van der Waals surface area contributed by atoms with E-state index < -0.39 is 0 Å². The van der Waals surface area contributed by atoms with E-state index >= 15 is 0 Å². The fourth-order valence-electron chi connectivity index (χ4n) is 5.61. The first-order valence-electron chi connectivity index (χ1n) is 16.2. The topological polar surface area (TPSA) is 9.23 Å². The number of benzene rings is 2. The molecule has 0 saturated heterocycles. The summed E-state index contributed by atoms with van der Waals surface area (Å²) in [5, 5.41) is 0. The van der Waals surface area contributed by atoms with Crippen LogP contribution in [0, 0.1) is 49.9 Å². The Labute approximate surface area is 254 Å². The summed E-state index contributed by atoms with van der Waals surface area (Å²) < 4.78 is 6.22. The van der Waals surface area contributed by atoms with E-state index in [9.17, 15) is 0 Å². The SMILES string of the molecule is CC.CC(C)C.Cc1ccc(Cc2ccc(OCC3=CCC(C4C=CC(CC(C)(C)C)CC4)C=C3)c(C)c2)cc1C. The second-order valence-electron chi connectivity index (χ2n) is 13.9. The maximum absolute atomic E-state index is 6.22. The molecular weight excluding hydrogens is 496 g/mol. The predicted molar refractivity (Wildman–Crippen MR) is 182 cm³/mol. The van der Waals surface area contributed by atoms with Crippen molar-refractivity contribution in [1.82, 2.24) is 0 Å². The molecule has 0 heterocycles. The highest BCUT2D eigenvalue weighted by Gasteiger charge is 2.25. The lowest BCUT2D eigenvalue weighted by Crippen LogP contribution is -2.20. The first kappa shape index (κ1) is 34.7. The van der Waals surface area contributed by atoms with Gasteiger partial charge in [0.15, 0.2) is 0 Å². The van der Waals surface area contributed by atoms with Crippen LogP contribution in [-0.2, 0) is 6.42 Å². The van der Waals surface area contributed by atoms with Crippen molar-refractivity contribution in [2.45, 2.75) is 108 Å². The zero-order valence-corrected chi connectivity index (χ0v) is 28.3. The molecule has 3 unspecified atom stereocenters. The standard InChI is InChI=1S/C34H44O.C4H10.C2H6/c1-24-7-8-29(19-25(24)2)21-30-13-18-33(26(3)20-30)35-23-28-11-16-32(17-12-28)31-14-9-27(10-15-31)22-34(4,5)6;1-4(2)3;1-2/h7-9,11-14,16,18-20,27,31-32H,10,15,17,21-23H2,1-6H3;4H,1-3H3;1-2H3. The van der Waals surface area contributed by atoms with Gasteiger partial charge >= 0.3 is 0 Å². The van der Waals surface area contributed by atoms with Gasteiger partial charge in [-0.1, -0.05) is 116 Å². The number of aryl methyl sites for hydroxylation is 3. The molecule has 0 amide bonds. The Morgan fingerprint density at radius 2 is 1.41 bits per heavy atom. The largest absolute Gasteiger partial charge is 0.489 e. The number of allylic oxidation sites excluding steroid dienone is 4. The molecule has 0 aromatic heterocycles. The van der Waals surface area contributed by atoms with E-state index in [-0.39, 0.29) is 0 Å². The Morgan fingerprint density at radius 1 is 0.780 bits per heavy atom. The van der Waals surface area contributed by atoms with Crippen LogP contribution in [0.5, 0.6) is 5.75 Å². The average molecular weight is 557 g/mol. The number of ether oxygens (including phenoxy) is 1. The molecule has 0 radical (unpaired) electrons. The zero-order chi connectivity index (χ0) is 30.6. The summed E-state index contributed by atoms with van der Waals surface area (Å²) >= 11 is 0. The number of rotatable bonds is 7. The van der Waals surface area contributed by atoms with Gasteiger partial charge in [-0.2, -0.15) is 0 Å². The van der Waals surface area contributed by atoms with Crippen LogP contribution in [0.1, 0.15) is 109 Å². The molecule has 1 nitrogen and oxygen atoms in total. The van der Waals surface area contributed by atoms with Gasteiger partial charge in [0.25, 0.3) is 0 Å².